The first-order valence-electron chi connectivity index (χ1n) is 13.8. The van der Waals surface area contributed by atoms with Crippen LogP contribution in [0.5, 0.6) is 0 Å². The maximum atomic E-state index is 11.3. The van der Waals surface area contributed by atoms with Gasteiger partial charge >= 0.3 is 13.3 Å². The predicted molar refractivity (Wildman–Crippen MR) is 143 cm³/mol. The first-order chi connectivity index (χ1) is 16.4. The van der Waals surface area contributed by atoms with E-state index in [1.54, 1.807) is 0 Å². The van der Waals surface area contributed by atoms with Gasteiger partial charge in [-0.25, -0.2) is 9.36 Å². The minimum absolute atomic E-state index is 0.0948. The molecule has 2 N–H and O–H groups in total. The van der Waals surface area contributed by atoms with E-state index in [4.69, 9.17) is 9.84 Å². The fourth-order valence-electron chi connectivity index (χ4n) is 4.68. The average Bonchev–Trinajstić information content (AvgIpc) is 2.82. The van der Waals surface area contributed by atoms with E-state index in [-0.39, 0.29) is 12.7 Å². The van der Waals surface area contributed by atoms with Gasteiger partial charge in [0.2, 0.25) is 0 Å². The van der Waals surface area contributed by atoms with Gasteiger partial charge in [0.1, 0.15) is 0 Å². The third-order valence-electron chi connectivity index (χ3n) is 6.86. The van der Waals surface area contributed by atoms with Crippen molar-refractivity contribution in [1.82, 2.24) is 0 Å². The van der Waals surface area contributed by atoms with Gasteiger partial charge in [-0.2, -0.15) is 11.8 Å². The Balaban J connectivity index is 2.23. The summed E-state index contributed by atoms with van der Waals surface area (Å²) in [6.07, 6.45) is 22.0. The first kappa shape index (κ1) is 32.0. The molecule has 34 heavy (non-hydrogen) atoms. The van der Waals surface area contributed by atoms with Crippen molar-refractivity contribution in [3.8, 4) is 0 Å². The fraction of sp³-hybridized carbons (Fsp3) is 0.962. The molecule has 1 aliphatic rings. The highest BCUT2D eigenvalue weighted by Crippen LogP contribution is 2.42. The summed E-state index contributed by atoms with van der Waals surface area (Å²) in [7, 11) is -4.55. The quantitative estimate of drug-likeness (QED) is 0.108. The van der Waals surface area contributed by atoms with Gasteiger partial charge in [-0.05, 0) is 37.9 Å². The Bertz CT molecular complexity index is 555. The maximum Gasteiger partial charge on any atom is 0.435 e. The number of hydrogen-bond donors (Lipinski definition) is 2. The molecule has 3 unspecified atom stereocenters. The first-order valence-corrected chi connectivity index (χ1v) is 16.4. The SMILES string of the molecule is CCCCCCCC(SCCCCCCC1CCCCC1)C(C)OCCCOP(=O)(O)C(=O)O. The molecule has 1 saturated carbocycles. The Morgan fingerprint density at radius 3 is 2.35 bits per heavy atom. The second kappa shape index (κ2) is 20.0. The van der Waals surface area contributed by atoms with Crippen LogP contribution in [0.25, 0.3) is 0 Å². The number of hydrogen-bond acceptors (Lipinski definition) is 5. The molecule has 0 aromatic rings. The van der Waals surface area contributed by atoms with Crippen LogP contribution in [-0.4, -0.2) is 46.0 Å². The Morgan fingerprint density at radius 2 is 1.65 bits per heavy atom. The molecule has 202 valence electrons. The molecule has 6 nitrogen and oxygen atoms in total. The summed E-state index contributed by atoms with van der Waals surface area (Å²) < 4.78 is 21.9. The second-order valence-electron chi connectivity index (χ2n) is 9.88. The van der Waals surface area contributed by atoms with Gasteiger partial charge in [0, 0.05) is 11.9 Å². The molecule has 1 aliphatic carbocycles. The summed E-state index contributed by atoms with van der Waals surface area (Å²) in [4.78, 5) is 19.8. The van der Waals surface area contributed by atoms with Crippen LogP contribution in [0.2, 0.25) is 0 Å². The highest BCUT2D eigenvalue weighted by Gasteiger charge is 2.29. The molecule has 0 saturated heterocycles. The molecular weight excluding hydrogens is 471 g/mol. The largest absolute Gasteiger partial charge is 0.472 e. The van der Waals surface area contributed by atoms with E-state index >= 15 is 0 Å². The number of ether oxygens (including phenoxy) is 1. The Kier molecular flexibility index (Phi) is 18.8. The Hall–Kier alpha value is -0.0700. The number of thioether (sulfide) groups is 1. The van der Waals surface area contributed by atoms with Crippen molar-refractivity contribution in [2.45, 2.75) is 134 Å². The highest BCUT2D eigenvalue weighted by molar-refractivity contribution is 7.99. The predicted octanol–water partition coefficient (Wildman–Crippen LogP) is 8.65. The van der Waals surface area contributed by atoms with Gasteiger partial charge < -0.3 is 19.3 Å². The van der Waals surface area contributed by atoms with Crippen LogP contribution in [0.3, 0.4) is 0 Å². The molecule has 0 spiro atoms. The van der Waals surface area contributed by atoms with E-state index in [1.807, 2.05) is 11.8 Å². The minimum atomic E-state index is -4.55. The third kappa shape index (κ3) is 15.8. The van der Waals surface area contributed by atoms with Crippen molar-refractivity contribution in [2.75, 3.05) is 19.0 Å². The summed E-state index contributed by atoms with van der Waals surface area (Å²) in [5, 5.41) is 9.08. The lowest BCUT2D eigenvalue weighted by molar-refractivity contribution is 0.0537. The molecular formula is C26H51O6PS. The number of rotatable bonds is 22. The molecule has 0 aromatic carbocycles. The summed E-state index contributed by atoms with van der Waals surface area (Å²) >= 11 is 2.03. The van der Waals surface area contributed by atoms with E-state index in [9.17, 15) is 14.3 Å². The van der Waals surface area contributed by atoms with Crippen LogP contribution in [0, 0.1) is 5.92 Å². The van der Waals surface area contributed by atoms with Crippen LogP contribution < -0.4 is 0 Å². The van der Waals surface area contributed by atoms with E-state index in [2.05, 4.69) is 18.4 Å². The van der Waals surface area contributed by atoms with Gasteiger partial charge in [-0.15, -0.1) is 0 Å². The van der Waals surface area contributed by atoms with Crippen molar-refractivity contribution in [2.24, 2.45) is 5.92 Å². The zero-order valence-corrected chi connectivity index (χ0v) is 23.5. The van der Waals surface area contributed by atoms with Crippen molar-refractivity contribution < 1.29 is 28.6 Å². The Labute approximate surface area is 212 Å². The van der Waals surface area contributed by atoms with Crippen LogP contribution in [0.1, 0.15) is 123 Å². The van der Waals surface area contributed by atoms with Gasteiger partial charge in [-0.3, -0.25) is 0 Å². The van der Waals surface area contributed by atoms with Crippen molar-refractivity contribution >= 4 is 25.1 Å². The van der Waals surface area contributed by atoms with Crippen molar-refractivity contribution in [1.29, 1.82) is 0 Å². The minimum Gasteiger partial charge on any atom is -0.472 e. The number of unbranched alkanes of at least 4 members (excludes halogenated alkanes) is 7. The monoisotopic (exact) mass is 522 g/mol. The highest BCUT2D eigenvalue weighted by atomic mass is 32.2. The third-order valence-corrected chi connectivity index (χ3v) is 9.44. The van der Waals surface area contributed by atoms with E-state index in [0.29, 0.717) is 18.3 Å². The molecule has 1 rings (SSSR count). The smallest absolute Gasteiger partial charge is 0.435 e. The molecule has 0 aromatic heterocycles. The lowest BCUT2D eigenvalue weighted by Crippen LogP contribution is -2.25. The van der Waals surface area contributed by atoms with Gasteiger partial charge in [0.25, 0.3) is 0 Å². The van der Waals surface area contributed by atoms with E-state index in [1.165, 1.54) is 102 Å². The second-order valence-corrected chi connectivity index (χ2v) is 12.9. The van der Waals surface area contributed by atoms with Crippen LogP contribution in [-0.2, 0) is 13.8 Å². The number of carboxylic acid groups (broad SMARTS) is 1. The molecule has 0 bridgehead atoms. The van der Waals surface area contributed by atoms with Gasteiger partial charge in [0.15, 0.2) is 0 Å². The standard InChI is InChI=1S/C26H51O6PS/c1-3-4-5-6-13-19-25(23(2)31-20-15-21-32-33(29,30)26(27)28)34-22-14-8-7-10-16-24-17-11-9-12-18-24/h23-25H,3-22H2,1-2H3,(H,27,28)(H,29,30). The average molecular weight is 523 g/mol. The molecule has 0 amide bonds. The van der Waals surface area contributed by atoms with E-state index < -0.39 is 13.3 Å². The lowest BCUT2D eigenvalue weighted by Gasteiger charge is -2.24. The zero-order chi connectivity index (χ0) is 25.1. The zero-order valence-electron chi connectivity index (χ0n) is 21.8. The summed E-state index contributed by atoms with van der Waals surface area (Å²) in [6, 6.07) is 0. The topological polar surface area (TPSA) is 93.1 Å². The molecule has 8 heteroatoms. The van der Waals surface area contributed by atoms with E-state index in [0.717, 1.165) is 12.3 Å². The van der Waals surface area contributed by atoms with Crippen LogP contribution in [0.4, 0.5) is 4.79 Å². The van der Waals surface area contributed by atoms with Crippen molar-refractivity contribution in [3.05, 3.63) is 0 Å². The van der Waals surface area contributed by atoms with Crippen LogP contribution in [0.15, 0.2) is 0 Å². The lowest BCUT2D eigenvalue weighted by atomic mass is 9.85. The maximum absolute atomic E-state index is 11.3. The summed E-state index contributed by atoms with van der Waals surface area (Å²) in [5.74, 6) is 2.17. The van der Waals surface area contributed by atoms with Gasteiger partial charge in [0.05, 0.1) is 12.7 Å². The van der Waals surface area contributed by atoms with Gasteiger partial charge in [-0.1, -0.05) is 96.8 Å². The molecule has 3 atom stereocenters. The molecule has 0 aliphatic heterocycles. The normalized spacial score (nSPS) is 18.4. The fourth-order valence-corrected chi connectivity index (χ4v) is 6.52. The summed E-state index contributed by atoms with van der Waals surface area (Å²) in [5.41, 5.74) is -1.81. The number of carbonyl (C=O) groups is 1. The molecule has 0 radical (unpaired) electrons. The van der Waals surface area contributed by atoms with Crippen LogP contribution >= 0.6 is 19.4 Å². The molecule has 1 fully saturated rings. The molecule has 0 heterocycles. The summed E-state index contributed by atoms with van der Waals surface area (Å²) in [6.45, 7) is 4.65. The van der Waals surface area contributed by atoms with Crippen molar-refractivity contribution in [3.63, 3.8) is 0 Å². The Morgan fingerprint density at radius 1 is 0.971 bits per heavy atom.